The van der Waals surface area contributed by atoms with Gasteiger partial charge >= 0.3 is 13.1 Å². The highest BCUT2D eigenvalue weighted by molar-refractivity contribution is 6.46. The Bertz CT molecular complexity index is 444. The van der Waals surface area contributed by atoms with Crippen LogP contribution in [0.15, 0.2) is 12.1 Å². The van der Waals surface area contributed by atoms with Gasteiger partial charge in [-0.15, -0.1) is 0 Å². The molecule has 1 aliphatic heterocycles. The fourth-order valence-electron chi connectivity index (χ4n) is 1.97. The van der Waals surface area contributed by atoms with Gasteiger partial charge in [0.15, 0.2) is 0 Å². The number of carboxylic acid groups (broad SMARTS) is 1. The zero-order valence-corrected chi connectivity index (χ0v) is 9.23. The second kappa shape index (κ2) is 3.83. The van der Waals surface area contributed by atoms with E-state index in [0.717, 1.165) is 5.56 Å². The van der Waals surface area contributed by atoms with E-state index >= 15 is 0 Å². The summed E-state index contributed by atoms with van der Waals surface area (Å²) in [4.78, 5) is 11.1. The minimum absolute atomic E-state index is 0.0168. The van der Waals surface area contributed by atoms with Gasteiger partial charge in [0.1, 0.15) is 11.3 Å². The summed E-state index contributed by atoms with van der Waals surface area (Å²) in [5.74, 6) is -0.717. The lowest BCUT2D eigenvalue weighted by Gasteiger charge is -2.26. The second-order valence-corrected chi connectivity index (χ2v) is 4.24. The summed E-state index contributed by atoms with van der Waals surface area (Å²) in [6.07, 6.45) is 0.636. The Labute approximate surface area is 94.0 Å². The molecule has 1 aromatic rings. The van der Waals surface area contributed by atoms with Crippen molar-refractivity contribution >= 4 is 13.1 Å². The van der Waals surface area contributed by atoms with Crippen LogP contribution in [0, 0.1) is 6.92 Å². The van der Waals surface area contributed by atoms with E-state index in [2.05, 4.69) is 0 Å². The van der Waals surface area contributed by atoms with Gasteiger partial charge in [-0.3, -0.25) is 0 Å². The molecule has 0 amide bonds. The predicted molar refractivity (Wildman–Crippen MR) is 59.9 cm³/mol. The van der Waals surface area contributed by atoms with Gasteiger partial charge < -0.3 is 14.8 Å². The molecule has 0 spiro atoms. The standard InChI is InChI=1S/C11H13BO4/c1-6-3-4-8-5-7(2)12(15)16-10(8)9(6)11(13)14/h3-4,7,15H,5H2,1-2H3,(H,13,14)/t7-/m0/s1. The number of carbonyl (C=O) groups is 1. The maximum Gasteiger partial charge on any atom is 0.525 e. The summed E-state index contributed by atoms with van der Waals surface area (Å²) in [6.45, 7) is 3.59. The van der Waals surface area contributed by atoms with Crippen LogP contribution in [0.5, 0.6) is 5.75 Å². The fourth-order valence-corrected chi connectivity index (χ4v) is 1.97. The molecule has 84 valence electrons. The number of carboxylic acids is 1. The molecule has 2 N–H and O–H groups in total. The normalized spacial score (nSPS) is 18.9. The van der Waals surface area contributed by atoms with Gasteiger partial charge in [0, 0.05) is 5.82 Å². The number of rotatable bonds is 1. The molecule has 0 aliphatic carbocycles. The zero-order chi connectivity index (χ0) is 11.9. The van der Waals surface area contributed by atoms with Crippen LogP contribution < -0.4 is 4.65 Å². The molecule has 0 fully saturated rings. The summed E-state index contributed by atoms with van der Waals surface area (Å²) in [6, 6.07) is 3.63. The Morgan fingerprint density at radius 3 is 2.88 bits per heavy atom. The SMILES string of the molecule is Cc1ccc2c(c1C(=O)O)OB(O)[C@@H](C)C2. The van der Waals surface area contributed by atoms with Gasteiger partial charge in [0.05, 0.1) is 0 Å². The van der Waals surface area contributed by atoms with Crippen molar-refractivity contribution in [2.75, 3.05) is 0 Å². The van der Waals surface area contributed by atoms with Gasteiger partial charge in [-0.2, -0.15) is 0 Å². The molecular formula is C11H13BO4. The van der Waals surface area contributed by atoms with Crippen LogP contribution in [-0.4, -0.2) is 23.2 Å². The molecule has 16 heavy (non-hydrogen) atoms. The molecule has 2 rings (SSSR count). The number of fused-ring (bicyclic) bond motifs is 1. The van der Waals surface area contributed by atoms with E-state index in [1.807, 2.05) is 13.0 Å². The fraction of sp³-hybridized carbons (Fsp3) is 0.364. The summed E-state index contributed by atoms with van der Waals surface area (Å²) in [5, 5.41) is 18.7. The molecule has 1 aromatic carbocycles. The molecule has 0 aromatic heterocycles. The quantitative estimate of drug-likeness (QED) is 0.703. The smallest absolute Gasteiger partial charge is 0.525 e. The highest BCUT2D eigenvalue weighted by Gasteiger charge is 2.34. The van der Waals surface area contributed by atoms with Crippen molar-refractivity contribution in [2.45, 2.75) is 26.1 Å². The van der Waals surface area contributed by atoms with E-state index in [9.17, 15) is 9.82 Å². The van der Waals surface area contributed by atoms with E-state index in [0.29, 0.717) is 17.7 Å². The molecule has 4 nitrogen and oxygen atoms in total. The van der Waals surface area contributed by atoms with Crippen molar-refractivity contribution < 1.29 is 19.6 Å². The number of hydrogen-bond acceptors (Lipinski definition) is 3. The molecule has 1 atom stereocenters. The van der Waals surface area contributed by atoms with Crippen molar-refractivity contribution in [3.8, 4) is 5.75 Å². The number of benzene rings is 1. The highest BCUT2D eigenvalue weighted by atomic mass is 16.5. The van der Waals surface area contributed by atoms with Crippen LogP contribution in [0.1, 0.15) is 28.4 Å². The van der Waals surface area contributed by atoms with Crippen LogP contribution in [0.4, 0.5) is 0 Å². The number of aryl methyl sites for hydroxylation is 1. The van der Waals surface area contributed by atoms with Crippen molar-refractivity contribution in [3.63, 3.8) is 0 Å². The first-order valence-electron chi connectivity index (χ1n) is 5.21. The van der Waals surface area contributed by atoms with E-state index < -0.39 is 13.1 Å². The molecule has 0 saturated carbocycles. The lowest BCUT2D eigenvalue weighted by molar-refractivity contribution is 0.0693. The average Bonchev–Trinajstić information content (AvgIpc) is 2.20. The third-order valence-corrected chi connectivity index (χ3v) is 2.93. The Balaban J connectivity index is 2.56. The van der Waals surface area contributed by atoms with Gasteiger partial charge in [0.2, 0.25) is 0 Å². The second-order valence-electron chi connectivity index (χ2n) is 4.24. The van der Waals surface area contributed by atoms with Gasteiger partial charge in [-0.1, -0.05) is 19.1 Å². The molecule has 0 bridgehead atoms. The van der Waals surface area contributed by atoms with Crippen LogP contribution in [0.2, 0.25) is 5.82 Å². The molecule has 0 radical (unpaired) electrons. The minimum Gasteiger partial charge on any atom is -0.535 e. The Morgan fingerprint density at radius 2 is 2.25 bits per heavy atom. The Hall–Kier alpha value is -1.49. The summed E-state index contributed by atoms with van der Waals surface area (Å²) < 4.78 is 5.29. The van der Waals surface area contributed by atoms with Gasteiger partial charge in [-0.05, 0) is 24.5 Å². The van der Waals surface area contributed by atoms with E-state index in [1.54, 1.807) is 13.0 Å². The largest absolute Gasteiger partial charge is 0.535 e. The minimum atomic E-state index is -1.02. The lowest BCUT2D eigenvalue weighted by Crippen LogP contribution is -2.33. The predicted octanol–water partition coefficient (Wildman–Crippen LogP) is 1.50. The molecule has 0 saturated heterocycles. The Kier molecular flexibility index (Phi) is 2.64. The zero-order valence-electron chi connectivity index (χ0n) is 9.23. The van der Waals surface area contributed by atoms with Crippen LogP contribution in [0.25, 0.3) is 0 Å². The topological polar surface area (TPSA) is 66.8 Å². The molecular weight excluding hydrogens is 207 g/mol. The molecule has 0 unspecified atom stereocenters. The van der Waals surface area contributed by atoms with E-state index in [-0.39, 0.29) is 11.4 Å². The first kappa shape index (κ1) is 11.0. The molecule has 5 heteroatoms. The first-order valence-corrected chi connectivity index (χ1v) is 5.21. The third-order valence-electron chi connectivity index (χ3n) is 2.93. The average molecular weight is 220 g/mol. The van der Waals surface area contributed by atoms with Gasteiger partial charge in [-0.25, -0.2) is 4.79 Å². The van der Waals surface area contributed by atoms with Crippen LogP contribution in [-0.2, 0) is 6.42 Å². The maximum atomic E-state index is 11.1. The summed E-state index contributed by atoms with van der Waals surface area (Å²) in [7, 11) is -0.924. The van der Waals surface area contributed by atoms with Crippen LogP contribution >= 0.6 is 0 Å². The lowest BCUT2D eigenvalue weighted by atomic mass is 9.68. The number of aromatic carboxylic acids is 1. The highest BCUT2D eigenvalue weighted by Crippen LogP contribution is 2.35. The number of hydrogen-bond donors (Lipinski definition) is 2. The monoisotopic (exact) mass is 220 g/mol. The molecule has 1 heterocycles. The van der Waals surface area contributed by atoms with Crippen molar-refractivity contribution in [1.29, 1.82) is 0 Å². The van der Waals surface area contributed by atoms with Crippen LogP contribution in [0.3, 0.4) is 0 Å². The Morgan fingerprint density at radius 1 is 1.56 bits per heavy atom. The van der Waals surface area contributed by atoms with Crippen molar-refractivity contribution in [1.82, 2.24) is 0 Å². The summed E-state index contributed by atoms with van der Waals surface area (Å²) >= 11 is 0. The first-order chi connectivity index (χ1) is 7.50. The third kappa shape index (κ3) is 1.67. The summed E-state index contributed by atoms with van der Waals surface area (Å²) in [5.41, 5.74) is 1.65. The van der Waals surface area contributed by atoms with Crippen molar-refractivity contribution in [2.24, 2.45) is 0 Å². The van der Waals surface area contributed by atoms with Gasteiger partial charge in [0.25, 0.3) is 0 Å². The van der Waals surface area contributed by atoms with E-state index in [4.69, 9.17) is 9.76 Å². The van der Waals surface area contributed by atoms with E-state index in [1.165, 1.54) is 0 Å². The maximum absolute atomic E-state index is 11.1. The van der Waals surface area contributed by atoms with Crippen molar-refractivity contribution in [3.05, 3.63) is 28.8 Å². The molecule has 1 aliphatic rings.